The zero-order valence-corrected chi connectivity index (χ0v) is 7.95. The minimum absolute atomic E-state index is 0.462. The molecule has 4 heteroatoms. The van der Waals surface area contributed by atoms with Crippen molar-refractivity contribution in [1.82, 2.24) is 9.97 Å². The Hall–Kier alpha value is -0.540. The van der Waals surface area contributed by atoms with E-state index in [2.05, 4.69) is 16.5 Å². The van der Waals surface area contributed by atoms with Crippen molar-refractivity contribution in [2.45, 2.75) is 11.4 Å². The maximum absolute atomic E-state index is 5.71. The number of fused-ring (bicyclic) bond motifs is 1. The van der Waals surface area contributed by atoms with Gasteiger partial charge in [-0.3, -0.25) is 0 Å². The molecule has 2 heterocycles. The number of hydrogen-bond donors (Lipinski definition) is 0. The molecule has 0 spiro atoms. The first-order valence-corrected chi connectivity index (χ1v) is 4.93. The number of thioether (sulfide) groups is 1. The van der Waals surface area contributed by atoms with E-state index in [0.29, 0.717) is 5.15 Å². The van der Waals surface area contributed by atoms with Crippen molar-refractivity contribution in [3.8, 4) is 0 Å². The van der Waals surface area contributed by atoms with E-state index >= 15 is 0 Å². The molecule has 0 N–H and O–H groups in total. The molecule has 12 heavy (non-hydrogen) atoms. The summed E-state index contributed by atoms with van der Waals surface area (Å²) >= 11 is 7.39. The first-order chi connectivity index (χ1) is 5.75. The lowest BCUT2D eigenvalue weighted by Crippen LogP contribution is -2.05. The Bertz CT molecular complexity index is 338. The van der Waals surface area contributed by atoms with Crippen LogP contribution in [0.5, 0.6) is 0 Å². The van der Waals surface area contributed by atoms with Crippen LogP contribution >= 0.6 is 23.4 Å². The van der Waals surface area contributed by atoms with Gasteiger partial charge in [0.15, 0.2) is 0 Å². The topological polar surface area (TPSA) is 25.8 Å². The normalized spacial score (nSPS) is 15.9. The van der Waals surface area contributed by atoms with Crippen LogP contribution in [0.3, 0.4) is 0 Å². The van der Waals surface area contributed by atoms with Crippen LogP contribution in [-0.4, -0.2) is 15.7 Å². The third-order valence-corrected chi connectivity index (χ3v) is 2.96. The SMILES string of the molecule is C=C1CSc2ncc(Cl)nc2C1. The van der Waals surface area contributed by atoms with E-state index in [9.17, 15) is 0 Å². The van der Waals surface area contributed by atoms with Gasteiger partial charge in [0.2, 0.25) is 0 Å². The minimum Gasteiger partial charge on any atom is -0.245 e. The summed E-state index contributed by atoms with van der Waals surface area (Å²) in [5, 5.41) is 1.45. The molecule has 2 rings (SSSR count). The first kappa shape index (κ1) is 8.08. The van der Waals surface area contributed by atoms with Crippen LogP contribution in [0, 0.1) is 0 Å². The number of halogens is 1. The van der Waals surface area contributed by atoms with Crippen LogP contribution in [0.4, 0.5) is 0 Å². The summed E-state index contributed by atoms with van der Waals surface area (Å²) in [7, 11) is 0. The molecule has 0 fully saturated rings. The van der Waals surface area contributed by atoms with Crippen LogP contribution < -0.4 is 0 Å². The van der Waals surface area contributed by atoms with Gasteiger partial charge in [-0.1, -0.05) is 23.8 Å². The van der Waals surface area contributed by atoms with Crippen LogP contribution in [0.2, 0.25) is 5.15 Å². The van der Waals surface area contributed by atoms with Gasteiger partial charge in [0.1, 0.15) is 10.2 Å². The Morgan fingerprint density at radius 2 is 2.42 bits per heavy atom. The Balaban J connectivity index is 2.44. The van der Waals surface area contributed by atoms with Crippen molar-refractivity contribution in [2.75, 3.05) is 5.75 Å². The third-order valence-electron chi connectivity index (χ3n) is 1.61. The lowest BCUT2D eigenvalue weighted by molar-refractivity contribution is 0.908. The average molecular weight is 199 g/mol. The number of aromatic nitrogens is 2. The molecule has 1 aromatic rings. The van der Waals surface area contributed by atoms with Crippen LogP contribution in [0.15, 0.2) is 23.4 Å². The fourth-order valence-electron chi connectivity index (χ4n) is 1.09. The summed E-state index contributed by atoms with van der Waals surface area (Å²) in [6.07, 6.45) is 2.40. The molecular formula is C8H7ClN2S. The molecule has 1 aliphatic rings. The van der Waals surface area contributed by atoms with Gasteiger partial charge in [0.25, 0.3) is 0 Å². The van der Waals surface area contributed by atoms with Gasteiger partial charge in [-0.2, -0.15) is 0 Å². The molecule has 0 saturated carbocycles. The zero-order chi connectivity index (χ0) is 8.55. The second-order valence-electron chi connectivity index (χ2n) is 2.66. The monoisotopic (exact) mass is 198 g/mol. The molecular weight excluding hydrogens is 192 g/mol. The molecule has 0 aromatic carbocycles. The minimum atomic E-state index is 0.462. The maximum Gasteiger partial charge on any atom is 0.147 e. The molecule has 0 bridgehead atoms. The second kappa shape index (κ2) is 3.07. The molecule has 0 unspecified atom stereocenters. The highest BCUT2D eigenvalue weighted by Gasteiger charge is 2.14. The smallest absolute Gasteiger partial charge is 0.147 e. The standard InChI is InChI=1S/C8H7ClN2S/c1-5-2-6-8(12-4-5)10-3-7(9)11-6/h3H,1-2,4H2. The van der Waals surface area contributed by atoms with Crippen molar-refractivity contribution < 1.29 is 0 Å². The van der Waals surface area contributed by atoms with Crippen LogP contribution in [-0.2, 0) is 6.42 Å². The highest BCUT2D eigenvalue weighted by molar-refractivity contribution is 7.99. The Kier molecular flexibility index (Phi) is 2.07. The zero-order valence-electron chi connectivity index (χ0n) is 6.38. The molecule has 0 aliphatic carbocycles. The molecule has 2 nitrogen and oxygen atoms in total. The van der Waals surface area contributed by atoms with Gasteiger partial charge in [-0.25, -0.2) is 9.97 Å². The van der Waals surface area contributed by atoms with Crippen LogP contribution in [0.25, 0.3) is 0 Å². The molecule has 0 radical (unpaired) electrons. The summed E-state index contributed by atoms with van der Waals surface area (Å²) in [4.78, 5) is 8.37. The van der Waals surface area contributed by atoms with E-state index in [0.717, 1.165) is 22.9 Å². The molecule has 1 aromatic heterocycles. The highest BCUT2D eigenvalue weighted by Crippen LogP contribution is 2.29. The fraction of sp³-hybridized carbons (Fsp3) is 0.250. The summed E-state index contributed by atoms with van der Waals surface area (Å²) in [5.74, 6) is 0.948. The number of rotatable bonds is 0. The third kappa shape index (κ3) is 1.47. The summed E-state index contributed by atoms with van der Waals surface area (Å²) < 4.78 is 0. The second-order valence-corrected chi connectivity index (χ2v) is 4.01. The van der Waals surface area contributed by atoms with Gasteiger partial charge in [0.05, 0.1) is 11.9 Å². The molecule has 62 valence electrons. The highest BCUT2D eigenvalue weighted by atomic mass is 35.5. The van der Waals surface area contributed by atoms with Crippen LogP contribution in [0.1, 0.15) is 5.69 Å². The Labute approximate surface area is 80.1 Å². The summed E-state index contributed by atoms with van der Waals surface area (Å²) in [5.41, 5.74) is 2.15. The summed E-state index contributed by atoms with van der Waals surface area (Å²) in [6, 6.07) is 0. The van der Waals surface area contributed by atoms with E-state index < -0.39 is 0 Å². The molecule has 0 atom stereocenters. The lowest BCUT2D eigenvalue weighted by Gasteiger charge is -2.14. The van der Waals surface area contributed by atoms with Gasteiger partial charge < -0.3 is 0 Å². The van der Waals surface area contributed by atoms with Crippen molar-refractivity contribution >= 4 is 23.4 Å². The van der Waals surface area contributed by atoms with Gasteiger partial charge in [-0.05, 0) is 0 Å². The molecule has 1 aliphatic heterocycles. The largest absolute Gasteiger partial charge is 0.245 e. The predicted octanol–water partition coefficient (Wildman–Crippen LogP) is 2.33. The first-order valence-electron chi connectivity index (χ1n) is 3.56. The van der Waals surface area contributed by atoms with Crippen molar-refractivity contribution in [3.63, 3.8) is 0 Å². The van der Waals surface area contributed by atoms with Crippen molar-refractivity contribution in [1.29, 1.82) is 0 Å². The van der Waals surface area contributed by atoms with Gasteiger partial charge >= 0.3 is 0 Å². The summed E-state index contributed by atoms with van der Waals surface area (Å²) in [6.45, 7) is 3.91. The predicted molar refractivity (Wildman–Crippen MR) is 50.6 cm³/mol. The average Bonchev–Trinajstić information content (AvgIpc) is 2.03. The van der Waals surface area contributed by atoms with E-state index in [1.54, 1.807) is 18.0 Å². The van der Waals surface area contributed by atoms with E-state index in [1.165, 1.54) is 5.57 Å². The lowest BCUT2D eigenvalue weighted by atomic mass is 10.2. The van der Waals surface area contributed by atoms with Gasteiger partial charge in [0, 0.05) is 12.2 Å². The number of nitrogens with zero attached hydrogens (tertiary/aromatic N) is 2. The van der Waals surface area contributed by atoms with Gasteiger partial charge in [-0.15, -0.1) is 11.8 Å². The van der Waals surface area contributed by atoms with E-state index in [-0.39, 0.29) is 0 Å². The number of hydrogen-bond acceptors (Lipinski definition) is 3. The van der Waals surface area contributed by atoms with Crippen molar-refractivity contribution in [3.05, 3.63) is 29.2 Å². The maximum atomic E-state index is 5.71. The molecule has 0 saturated heterocycles. The Morgan fingerprint density at radius 1 is 1.58 bits per heavy atom. The Morgan fingerprint density at radius 3 is 3.25 bits per heavy atom. The van der Waals surface area contributed by atoms with E-state index in [1.807, 2.05) is 0 Å². The van der Waals surface area contributed by atoms with Crippen molar-refractivity contribution in [2.24, 2.45) is 0 Å². The fourth-order valence-corrected chi connectivity index (χ4v) is 2.09. The quantitative estimate of drug-likeness (QED) is 0.599. The molecule has 0 amide bonds. The van der Waals surface area contributed by atoms with E-state index in [4.69, 9.17) is 11.6 Å².